The van der Waals surface area contributed by atoms with Gasteiger partial charge in [-0.1, -0.05) is 52.0 Å². The van der Waals surface area contributed by atoms with Crippen LogP contribution in [0.2, 0.25) is 0 Å². The maximum Gasteiger partial charge on any atom is 0.0702 e. The molecule has 0 N–H and O–H groups in total. The van der Waals surface area contributed by atoms with Gasteiger partial charge in [-0.3, -0.25) is 9.97 Å². The first-order valence-corrected chi connectivity index (χ1v) is 9.66. The van der Waals surface area contributed by atoms with Gasteiger partial charge in [0.05, 0.1) is 5.52 Å². The van der Waals surface area contributed by atoms with Crippen molar-refractivity contribution in [2.24, 2.45) is 0 Å². The van der Waals surface area contributed by atoms with Gasteiger partial charge in [0.15, 0.2) is 0 Å². The molecule has 4 aromatic rings. The highest BCUT2D eigenvalue weighted by atomic mass is 14.7. The number of nitrogens with zero attached hydrogens (tertiary/aromatic N) is 2. The molecule has 2 heterocycles. The van der Waals surface area contributed by atoms with Crippen LogP contribution in [0.3, 0.4) is 0 Å². The second-order valence-corrected chi connectivity index (χ2v) is 8.41. The lowest BCUT2D eigenvalue weighted by Crippen LogP contribution is -2.21. The highest BCUT2D eigenvalue weighted by molar-refractivity contribution is 5.86. The Morgan fingerprint density at radius 3 is 2.56 bits per heavy atom. The Morgan fingerprint density at radius 2 is 1.74 bits per heavy atom. The number of pyridine rings is 2. The average Bonchev–Trinajstić information content (AvgIpc) is 2.66. The Balaban J connectivity index is 1.75. The molecule has 136 valence electrons. The number of aromatic nitrogens is 2. The van der Waals surface area contributed by atoms with Gasteiger partial charge in [0.25, 0.3) is 0 Å². The van der Waals surface area contributed by atoms with Crippen LogP contribution in [0.15, 0.2) is 67.1 Å². The van der Waals surface area contributed by atoms with Crippen LogP contribution in [0.1, 0.15) is 50.3 Å². The van der Waals surface area contributed by atoms with Crippen molar-refractivity contribution in [1.82, 2.24) is 9.97 Å². The summed E-state index contributed by atoms with van der Waals surface area (Å²) in [6.07, 6.45) is 6.87. The predicted molar refractivity (Wildman–Crippen MR) is 114 cm³/mol. The summed E-state index contributed by atoms with van der Waals surface area (Å²) in [4.78, 5) is 9.01. The summed E-state index contributed by atoms with van der Waals surface area (Å²) in [7, 11) is 0. The van der Waals surface area contributed by atoms with E-state index < -0.39 is 0 Å². The smallest absolute Gasteiger partial charge is 0.0702 e. The van der Waals surface area contributed by atoms with Crippen molar-refractivity contribution < 1.29 is 0 Å². The van der Waals surface area contributed by atoms with Crippen molar-refractivity contribution in [3.05, 3.63) is 83.8 Å². The Hall–Kier alpha value is -2.74. The number of hydrogen-bond donors (Lipinski definition) is 0. The Kier molecular flexibility index (Phi) is 4.43. The molecule has 2 aromatic heterocycles. The summed E-state index contributed by atoms with van der Waals surface area (Å²) in [5, 5.41) is 3.74. The minimum absolute atomic E-state index is 0.00116. The summed E-state index contributed by atoms with van der Waals surface area (Å²) < 4.78 is 0. The maximum absolute atomic E-state index is 4.67. The van der Waals surface area contributed by atoms with Gasteiger partial charge >= 0.3 is 0 Å². The highest BCUT2D eigenvalue weighted by Gasteiger charge is 2.23. The fraction of sp³-hybridized carbons (Fsp3) is 0.280. The average molecular weight is 354 g/mol. The lowest BCUT2D eigenvalue weighted by atomic mass is 9.78. The van der Waals surface area contributed by atoms with Crippen LogP contribution in [0.25, 0.3) is 21.7 Å². The van der Waals surface area contributed by atoms with E-state index in [1.165, 1.54) is 32.8 Å². The molecule has 2 heteroatoms. The molecular formula is C25H26N2. The SMILES string of the molecule is CC(C)c1cc(CC(C)(C)c2cnc3ccccc3c2)cc2cnccc12. The van der Waals surface area contributed by atoms with Crippen LogP contribution in [-0.2, 0) is 11.8 Å². The zero-order valence-corrected chi connectivity index (χ0v) is 16.5. The predicted octanol–water partition coefficient (Wildman–Crippen LogP) is 6.43. The maximum atomic E-state index is 4.67. The summed E-state index contributed by atoms with van der Waals surface area (Å²) in [5.74, 6) is 0.486. The minimum atomic E-state index is 0.00116. The Morgan fingerprint density at radius 1 is 0.926 bits per heavy atom. The van der Waals surface area contributed by atoms with Gasteiger partial charge in [0.1, 0.15) is 0 Å². The zero-order chi connectivity index (χ0) is 19.0. The van der Waals surface area contributed by atoms with Crippen molar-refractivity contribution in [3.8, 4) is 0 Å². The summed E-state index contributed by atoms with van der Waals surface area (Å²) >= 11 is 0. The summed E-state index contributed by atoms with van der Waals surface area (Å²) in [5.41, 5.74) is 5.09. The largest absolute Gasteiger partial charge is 0.264 e. The van der Waals surface area contributed by atoms with E-state index in [0.29, 0.717) is 5.92 Å². The van der Waals surface area contributed by atoms with E-state index in [0.717, 1.165) is 11.9 Å². The van der Waals surface area contributed by atoms with Crippen LogP contribution >= 0.6 is 0 Å². The molecule has 0 fully saturated rings. The first-order chi connectivity index (χ1) is 12.9. The van der Waals surface area contributed by atoms with Gasteiger partial charge in [-0.2, -0.15) is 0 Å². The molecule has 27 heavy (non-hydrogen) atoms. The van der Waals surface area contributed by atoms with Gasteiger partial charge in [-0.05, 0) is 64.1 Å². The van der Waals surface area contributed by atoms with Gasteiger partial charge in [-0.15, -0.1) is 0 Å². The molecular weight excluding hydrogens is 328 g/mol. The standard InChI is InChI=1S/C25H26N2/c1-17(2)23-12-18(11-20-15-26-10-9-22(20)23)14-25(3,4)21-13-19-7-5-6-8-24(19)27-16-21/h5-13,15-17H,14H2,1-4H3. The van der Waals surface area contributed by atoms with Gasteiger partial charge in [0.2, 0.25) is 0 Å². The molecule has 0 unspecified atom stereocenters. The number of rotatable bonds is 4. The molecule has 0 bridgehead atoms. The normalized spacial score (nSPS) is 12.2. The second kappa shape index (κ2) is 6.77. The number of fused-ring (bicyclic) bond motifs is 2. The molecule has 0 atom stereocenters. The van der Waals surface area contributed by atoms with E-state index in [9.17, 15) is 0 Å². The molecule has 0 radical (unpaired) electrons. The molecule has 0 aliphatic carbocycles. The molecule has 2 aromatic carbocycles. The fourth-order valence-electron chi connectivity index (χ4n) is 3.94. The Labute approximate surface area is 161 Å². The lowest BCUT2D eigenvalue weighted by molar-refractivity contribution is 0.521. The molecule has 2 nitrogen and oxygen atoms in total. The summed E-state index contributed by atoms with van der Waals surface area (Å²) in [6.45, 7) is 9.14. The van der Waals surface area contributed by atoms with Crippen molar-refractivity contribution in [2.75, 3.05) is 0 Å². The van der Waals surface area contributed by atoms with E-state index in [1.54, 1.807) is 0 Å². The quantitative estimate of drug-likeness (QED) is 0.422. The van der Waals surface area contributed by atoms with Crippen LogP contribution in [0, 0.1) is 0 Å². The van der Waals surface area contributed by atoms with Crippen LogP contribution < -0.4 is 0 Å². The van der Waals surface area contributed by atoms with Crippen molar-refractivity contribution >= 4 is 21.7 Å². The number of benzene rings is 2. The van der Waals surface area contributed by atoms with Crippen molar-refractivity contribution in [3.63, 3.8) is 0 Å². The second-order valence-electron chi connectivity index (χ2n) is 8.41. The third-order valence-electron chi connectivity index (χ3n) is 5.48. The van der Waals surface area contributed by atoms with Crippen LogP contribution in [0.4, 0.5) is 0 Å². The van der Waals surface area contributed by atoms with Crippen molar-refractivity contribution in [1.29, 1.82) is 0 Å². The van der Waals surface area contributed by atoms with E-state index >= 15 is 0 Å². The van der Waals surface area contributed by atoms with Gasteiger partial charge < -0.3 is 0 Å². The van der Waals surface area contributed by atoms with Gasteiger partial charge in [-0.25, -0.2) is 0 Å². The van der Waals surface area contributed by atoms with Gasteiger partial charge in [0, 0.05) is 29.4 Å². The molecule has 4 rings (SSSR count). The number of para-hydroxylation sites is 1. The lowest BCUT2D eigenvalue weighted by Gasteiger charge is -2.26. The first kappa shape index (κ1) is 17.7. The topological polar surface area (TPSA) is 25.8 Å². The Bertz CT molecular complexity index is 1110. The zero-order valence-electron chi connectivity index (χ0n) is 16.5. The van der Waals surface area contributed by atoms with E-state index in [2.05, 4.69) is 80.1 Å². The van der Waals surface area contributed by atoms with E-state index in [4.69, 9.17) is 0 Å². The van der Waals surface area contributed by atoms with Crippen molar-refractivity contribution in [2.45, 2.75) is 45.4 Å². The first-order valence-electron chi connectivity index (χ1n) is 9.66. The molecule has 0 spiro atoms. The molecule has 0 aliphatic rings. The molecule has 0 saturated heterocycles. The fourth-order valence-corrected chi connectivity index (χ4v) is 3.94. The minimum Gasteiger partial charge on any atom is -0.264 e. The van der Waals surface area contributed by atoms with Crippen LogP contribution in [0.5, 0.6) is 0 Å². The highest BCUT2D eigenvalue weighted by Crippen LogP contribution is 2.33. The monoisotopic (exact) mass is 354 g/mol. The van der Waals surface area contributed by atoms with Crippen LogP contribution in [-0.4, -0.2) is 9.97 Å². The molecule has 0 amide bonds. The third-order valence-corrected chi connectivity index (χ3v) is 5.48. The third kappa shape index (κ3) is 3.44. The van der Waals surface area contributed by atoms with E-state index in [1.807, 2.05) is 24.7 Å². The molecule has 0 aliphatic heterocycles. The molecule has 0 saturated carbocycles. The number of hydrogen-bond acceptors (Lipinski definition) is 2. The summed E-state index contributed by atoms with van der Waals surface area (Å²) in [6, 6.07) is 17.4. The van der Waals surface area contributed by atoms with E-state index in [-0.39, 0.29) is 5.41 Å².